The molecule has 0 spiro atoms. The quantitative estimate of drug-likeness (QED) is 0.0363. The molecule has 4 unspecified atom stereocenters. The van der Waals surface area contributed by atoms with Crippen LogP contribution in [0.1, 0.15) is 141 Å². The molecule has 16 heteroatoms. The third-order valence-electron chi connectivity index (χ3n) is 11.2. The summed E-state index contributed by atoms with van der Waals surface area (Å²) < 4.78 is 32.2. The topological polar surface area (TPSA) is 206 Å². The van der Waals surface area contributed by atoms with E-state index < -0.39 is 41.4 Å². The van der Waals surface area contributed by atoms with E-state index in [1.165, 1.54) is 6.92 Å². The molecule has 16 nitrogen and oxygen atoms in total. The van der Waals surface area contributed by atoms with Crippen molar-refractivity contribution in [3.05, 3.63) is 24.3 Å². The first-order valence-electron chi connectivity index (χ1n) is 21.9. The highest BCUT2D eigenvalue weighted by Crippen LogP contribution is 2.47. The first-order chi connectivity index (χ1) is 28.4. The van der Waals surface area contributed by atoms with Gasteiger partial charge in [-0.3, -0.25) is 4.79 Å². The fourth-order valence-corrected chi connectivity index (χ4v) is 9.10. The van der Waals surface area contributed by atoms with E-state index in [2.05, 4.69) is 76.0 Å². The number of unbranched alkanes of at least 4 members (excludes halogenated alkanes) is 1. The second-order valence-electron chi connectivity index (χ2n) is 20.9. The average Bonchev–Trinajstić information content (AvgIpc) is 3.11. The van der Waals surface area contributed by atoms with Crippen molar-refractivity contribution in [3.63, 3.8) is 0 Å². The van der Waals surface area contributed by atoms with Gasteiger partial charge < -0.3 is 49.7 Å². The number of alkyl carbamates (subject to hydrolysis) is 3. The predicted molar refractivity (Wildman–Crippen MR) is 235 cm³/mol. The maximum absolute atomic E-state index is 13.5. The van der Waals surface area contributed by atoms with Gasteiger partial charge in [-0.25, -0.2) is 24.0 Å². The van der Waals surface area contributed by atoms with Gasteiger partial charge in [-0.1, -0.05) is 54.7 Å². The SMILES string of the molecule is C=C(C)C(=O)OCCOC(=O)NCC1(C)CC(NC(=O)OC(C)(C)CCCCOC(C)(C)C(=O)NC2CC(C)(C)CC(C)(CNC(=O)OCCOC(=O)C(=C)C)C2)CC(C)(C)C1. The molecule has 0 heterocycles. The van der Waals surface area contributed by atoms with E-state index in [1.807, 2.05) is 13.8 Å². The Hall–Kier alpha value is -4.34. The predicted octanol–water partition coefficient (Wildman–Crippen LogP) is 7.43. The van der Waals surface area contributed by atoms with Gasteiger partial charge in [0.25, 0.3) is 5.91 Å². The van der Waals surface area contributed by atoms with Crippen LogP contribution in [-0.2, 0) is 42.8 Å². The second kappa shape index (κ2) is 22.8. The van der Waals surface area contributed by atoms with Gasteiger partial charge in [-0.05, 0) is 121 Å². The van der Waals surface area contributed by atoms with Crippen molar-refractivity contribution in [2.75, 3.05) is 46.1 Å². The third kappa shape index (κ3) is 20.2. The van der Waals surface area contributed by atoms with Gasteiger partial charge in [0.2, 0.25) is 0 Å². The molecule has 2 fully saturated rings. The van der Waals surface area contributed by atoms with Crippen molar-refractivity contribution in [2.45, 2.75) is 164 Å². The molecule has 0 bridgehead atoms. The molecule has 354 valence electrons. The van der Waals surface area contributed by atoms with Crippen LogP contribution in [0.5, 0.6) is 0 Å². The summed E-state index contributed by atoms with van der Waals surface area (Å²) in [6.45, 7) is 30.9. The Morgan fingerprint density at radius 2 is 1.00 bits per heavy atom. The van der Waals surface area contributed by atoms with Crippen LogP contribution in [0.4, 0.5) is 14.4 Å². The van der Waals surface area contributed by atoms with Gasteiger partial charge in [0.1, 0.15) is 37.6 Å². The number of nitrogens with one attached hydrogen (secondary N) is 4. The maximum Gasteiger partial charge on any atom is 0.407 e. The minimum absolute atomic E-state index is 0.0628. The molecule has 4 N–H and O–H groups in total. The van der Waals surface area contributed by atoms with Crippen LogP contribution in [0, 0.1) is 21.7 Å². The first-order valence-corrected chi connectivity index (χ1v) is 21.9. The van der Waals surface area contributed by atoms with E-state index in [-0.39, 0.29) is 77.2 Å². The van der Waals surface area contributed by atoms with E-state index in [9.17, 15) is 28.8 Å². The molecular weight excluding hydrogens is 801 g/mol. The van der Waals surface area contributed by atoms with Crippen molar-refractivity contribution in [2.24, 2.45) is 21.7 Å². The van der Waals surface area contributed by atoms with Crippen molar-refractivity contribution in [3.8, 4) is 0 Å². The summed E-state index contributed by atoms with van der Waals surface area (Å²) >= 11 is 0. The molecule has 2 aliphatic rings. The van der Waals surface area contributed by atoms with Crippen LogP contribution >= 0.6 is 0 Å². The molecule has 0 radical (unpaired) electrons. The molecule has 2 rings (SSSR count). The Kier molecular flexibility index (Phi) is 19.8. The van der Waals surface area contributed by atoms with Crippen molar-refractivity contribution in [1.82, 2.24) is 21.3 Å². The van der Waals surface area contributed by atoms with Crippen molar-refractivity contribution in [1.29, 1.82) is 0 Å². The average molecular weight is 879 g/mol. The van der Waals surface area contributed by atoms with Gasteiger partial charge in [-0.15, -0.1) is 0 Å². The van der Waals surface area contributed by atoms with E-state index in [4.69, 9.17) is 28.4 Å². The maximum atomic E-state index is 13.5. The van der Waals surface area contributed by atoms with Crippen molar-refractivity contribution < 1.29 is 57.2 Å². The summed E-state index contributed by atoms with van der Waals surface area (Å²) in [5.41, 5.74) is -2.13. The highest BCUT2D eigenvalue weighted by molar-refractivity contribution is 5.87. The van der Waals surface area contributed by atoms with E-state index in [0.29, 0.717) is 51.8 Å². The summed E-state index contributed by atoms with van der Waals surface area (Å²) in [6.07, 6.45) is 4.71. The number of rotatable bonds is 22. The fourth-order valence-electron chi connectivity index (χ4n) is 9.10. The minimum atomic E-state index is -1.08. The summed E-state index contributed by atoms with van der Waals surface area (Å²) in [5.74, 6) is -1.29. The van der Waals surface area contributed by atoms with E-state index in [1.54, 1.807) is 20.8 Å². The van der Waals surface area contributed by atoms with E-state index in [0.717, 1.165) is 25.7 Å². The van der Waals surface area contributed by atoms with Crippen LogP contribution in [-0.4, -0.2) is 106 Å². The molecule has 0 aromatic heterocycles. The number of esters is 2. The zero-order valence-corrected chi connectivity index (χ0v) is 39.8. The Morgan fingerprint density at radius 1 is 0.581 bits per heavy atom. The van der Waals surface area contributed by atoms with Crippen LogP contribution in [0.15, 0.2) is 24.3 Å². The molecule has 4 atom stereocenters. The number of hydrogen-bond acceptors (Lipinski definition) is 12. The lowest BCUT2D eigenvalue weighted by atomic mass is 9.62. The van der Waals surface area contributed by atoms with Gasteiger partial charge in [-0.2, -0.15) is 0 Å². The molecule has 2 aliphatic carbocycles. The number of amides is 4. The summed E-state index contributed by atoms with van der Waals surface area (Å²) in [7, 11) is 0. The van der Waals surface area contributed by atoms with Gasteiger partial charge in [0, 0.05) is 42.9 Å². The van der Waals surface area contributed by atoms with Crippen LogP contribution in [0.25, 0.3) is 0 Å². The largest absolute Gasteiger partial charge is 0.459 e. The minimum Gasteiger partial charge on any atom is -0.459 e. The zero-order chi connectivity index (χ0) is 47.2. The molecular formula is C46H78N4O12. The molecule has 62 heavy (non-hydrogen) atoms. The second-order valence-corrected chi connectivity index (χ2v) is 20.9. The van der Waals surface area contributed by atoms with Crippen molar-refractivity contribution >= 4 is 36.1 Å². The Bertz CT molecular complexity index is 1610. The fraction of sp³-hybridized carbons (Fsp3) is 0.783. The monoisotopic (exact) mass is 879 g/mol. The summed E-state index contributed by atoms with van der Waals surface area (Å²) in [5, 5.41) is 11.9. The van der Waals surface area contributed by atoms with Gasteiger partial charge >= 0.3 is 30.2 Å². The molecule has 0 aromatic rings. The Balaban J connectivity index is 1.78. The highest BCUT2D eigenvalue weighted by atomic mass is 16.6. The zero-order valence-electron chi connectivity index (χ0n) is 39.8. The number of carbonyl (C=O) groups is 6. The van der Waals surface area contributed by atoms with E-state index >= 15 is 0 Å². The van der Waals surface area contributed by atoms with Gasteiger partial charge in [0.15, 0.2) is 0 Å². The van der Waals surface area contributed by atoms with Crippen LogP contribution < -0.4 is 21.3 Å². The summed E-state index contributed by atoms with van der Waals surface area (Å²) in [4.78, 5) is 74.5. The number of hydrogen-bond donors (Lipinski definition) is 4. The lowest BCUT2D eigenvalue weighted by Crippen LogP contribution is -2.54. The highest BCUT2D eigenvalue weighted by Gasteiger charge is 2.44. The lowest BCUT2D eigenvalue weighted by Gasteiger charge is -2.47. The molecule has 0 aromatic carbocycles. The van der Waals surface area contributed by atoms with Gasteiger partial charge in [0.05, 0.1) is 0 Å². The molecule has 2 saturated carbocycles. The Labute approximate surface area is 370 Å². The standard InChI is InChI=1S/C46H78N4O12/c1-31(2)35(51)57-19-21-59-38(54)47-29-45(13)25-33(23-41(5,6)27-45)49-37(53)44(11,12)61-18-16-15-17-43(9,10)62-40(56)50-34-24-42(7,8)28-46(14,26-34)30-48-39(55)60-22-20-58-36(52)32(3)4/h33-34H,1,3,15-30H2,2,4-14H3,(H,47,54)(H,48,55)(H,49,53)(H,50,56). The Morgan fingerprint density at radius 3 is 1.44 bits per heavy atom. The van der Waals surface area contributed by atoms with Crippen LogP contribution in [0.2, 0.25) is 0 Å². The number of carbonyl (C=O) groups excluding carboxylic acids is 6. The van der Waals surface area contributed by atoms with Crippen LogP contribution in [0.3, 0.4) is 0 Å². The third-order valence-corrected chi connectivity index (χ3v) is 11.2. The smallest absolute Gasteiger partial charge is 0.407 e. The molecule has 0 saturated heterocycles. The first kappa shape index (κ1) is 53.8. The normalized spacial score (nSPS) is 23.1. The lowest BCUT2D eigenvalue weighted by molar-refractivity contribution is -0.144. The summed E-state index contributed by atoms with van der Waals surface area (Å²) in [6, 6.07) is -0.297. The molecule has 4 amide bonds. The number of ether oxygens (including phenoxy) is 6. The molecule has 0 aliphatic heterocycles.